The lowest BCUT2D eigenvalue weighted by Gasteiger charge is -1.98. The molecule has 1 heterocycles. The highest BCUT2D eigenvalue weighted by molar-refractivity contribution is 9.10. The van der Waals surface area contributed by atoms with E-state index < -0.39 is 0 Å². The Balaban J connectivity index is 2.00. The summed E-state index contributed by atoms with van der Waals surface area (Å²) in [5, 5.41) is 2.82. The minimum absolute atomic E-state index is 0.239. The van der Waals surface area contributed by atoms with Gasteiger partial charge in [-0.3, -0.25) is 0 Å². The maximum atomic E-state index is 13.2. The molecule has 2 aromatic carbocycles. The number of benzene rings is 2. The predicted octanol–water partition coefficient (Wildman–Crippen LogP) is 5.38. The summed E-state index contributed by atoms with van der Waals surface area (Å²) >= 11 is 4.97. The Labute approximate surface area is 122 Å². The normalized spacial score (nSPS) is 10.6. The van der Waals surface area contributed by atoms with E-state index in [-0.39, 0.29) is 5.82 Å². The van der Waals surface area contributed by atoms with E-state index in [1.165, 1.54) is 23.5 Å². The largest absolute Gasteiger partial charge is 0.236 e. The van der Waals surface area contributed by atoms with Crippen molar-refractivity contribution in [2.24, 2.45) is 0 Å². The second-order valence-corrected chi connectivity index (χ2v) is 5.83. The molecule has 1 nitrogen and oxygen atoms in total. The van der Waals surface area contributed by atoms with Gasteiger partial charge in [0.15, 0.2) is 0 Å². The van der Waals surface area contributed by atoms with Gasteiger partial charge in [-0.15, -0.1) is 11.3 Å². The van der Waals surface area contributed by atoms with Crippen LogP contribution >= 0.6 is 27.3 Å². The van der Waals surface area contributed by atoms with E-state index in [9.17, 15) is 4.39 Å². The van der Waals surface area contributed by atoms with Crippen LogP contribution in [0.1, 0.15) is 0 Å². The molecule has 0 spiro atoms. The molecule has 0 bridgehead atoms. The minimum atomic E-state index is -0.239. The van der Waals surface area contributed by atoms with E-state index in [4.69, 9.17) is 0 Å². The Hall–Kier alpha value is -1.52. The van der Waals surface area contributed by atoms with Crippen LogP contribution in [0.3, 0.4) is 0 Å². The van der Waals surface area contributed by atoms with Crippen LogP contribution in [0.2, 0.25) is 0 Å². The molecule has 3 aromatic rings. The van der Waals surface area contributed by atoms with Crippen LogP contribution in [-0.2, 0) is 0 Å². The number of aromatic nitrogens is 1. The number of nitrogens with zero attached hydrogens (tertiary/aromatic N) is 1. The molecule has 0 unspecified atom stereocenters. The fraction of sp³-hybridized carbons (Fsp3) is 0. The number of thiazole rings is 1. The Morgan fingerprint density at radius 2 is 1.79 bits per heavy atom. The van der Waals surface area contributed by atoms with Gasteiger partial charge in [0.1, 0.15) is 10.8 Å². The molecule has 0 radical (unpaired) electrons. The zero-order chi connectivity index (χ0) is 13.2. The maximum Gasteiger partial charge on any atom is 0.124 e. The average Bonchev–Trinajstić information content (AvgIpc) is 2.88. The lowest BCUT2D eigenvalue weighted by Crippen LogP contribution is -1.81. The van der Waals surface area contributed by atoms with E-state index >= 15 is 0 Å². The molecular weight excluding hydrogens is 325 g/mol. The third kappa shape index (κ3) is 2.74. The minimum Gasteiger partial charge on any atom is -0.236 e. The first-order chi connectivity index (χ1) is 9.22. The van der Waals surface area contributed by atoms with Crippen LogP contribution in [-0.4, -0.2) is 4.98 Å². The van der Waals surface area contributed by atoms with E-state index in [1.807, 2.05) is 35.7 Å². The van der Waals surface area contributed by atoms with Gasteiger partial charge in [-0.25, -0.2) is 9.37 Å². The lowest BCUT2D eigenvalue weighted by molar-refractivity contribution is 0.628. The first-order valence-electron chi connectivity index (χ1n) is 5.70. The molecule has 94 valence electrons. The van der Waals surface area contributed by atoms with Gasteiger partial charge in [-0.1, -0.05) is 40.2 Å². The second kappa shape index (κ2) is 5.23. The van der Waals surface area contributed by atoms with Gasteiger partial charge in [0, 0.05) is 21.0 Å². The molecule has 3 rings (SSSR count). The quantitative estimate of drug-likeness (QED) is 0.613. The molecule has 0 N–H and O–H groups in total. The fourth-order valence-corrected chi connectivity index (χ4v) is 3.03. The van der Waals surface area contributed by atoms with Crippen molar-refractivity contribution in [2.75, 3.05) is 0 Å². The SMILES string of the molecule is Fc1cccc(-c2nc(-c3cccc(Br)c3)cs2)c1. The fourth-order valence-electron chi connectivity index (χ4n) is 1.81. The molecular formula is C15H9BrFNS. The summed E-state index contributed by atoms with van der Waals surface area (Å²) in [7, 11) is 0. The third-order valence-corrected chi connectivity index (χ3v) is 4.08. The smallest absolute Gasteiger partial charge is 0.124 e. The molecule has 19 heavy (non-hydrogen) atoms. The van der Waals surface area contributed by atoms with Crippen molar-refractivity contribution in [2.45, 2.75) is 0 Å². The summed E-state index contributed by atoms with van der Waals surface area (Å²) in [5.74, 6) is -0.239. The summed E-state index contributed by atoms with van der Waals surface area (Å²) in [4.78, 5) is 4.56. The maximum absolute atomic E-state index is 13.2. The zero-order valence-corrected chi connectivity index (χ0v) is 12.2. The summed E-state index contributed by atoms with van der Waals surface area (Å²) in [6, 6.07) is 14.5. The van der Waals surface area contributed by atoms with E-state index in [0.29, 0.717) is 0 Å². The first kappa shape index (κ1) is 12.5. The summed E-state index contributed by atoms with van der Waals surface area (Å²) in [5.41, 5.74) is 2.77. The molecule has 0 saturated carbocycles. The topological polar surface area (TPSA) is 12.9 Å². The second-order valence-electron chi connectivity index (χ2n) is 4.06. The standard InChI is InChI=1S/C15H9BrFNS/c16-12-5-1-3-10(7-12)14-9-19-15(18-14)11-4-2-6-13(17)8-11/h1-9H. The van der Waals surface area contributed by atoms with Crippen molar-refractivity contribution < 1.29 is 4.39 Å². The van der Waals surface area contributed by atoms with Gasteiger partial charge >= 0.3 is 0 Å². The Bertz CT molecular complexity index is 663. The first-order valence-corrected chi connectivity index (χ1v) is 7.37. The highest BCUT2D eigenvalue weighted by Gasteiger charge is 2.07. The third-order valence-electron chi connectivity index (χ3n) is 2.70. The summed E-state index contributed by atoms with van der Waals surface area (Å²) < 4.78 is 14.2. The molecule has 0 aliphatic carbocycles. The Kier molecular flexibility index (Phi) is 3.44. The van der Waals surface area contributed by atoms with Crippen molar-refractivity contribution in [3.05, 3.63) is 64.2 Å². The van der Waals surface area contributed by atoms with Crippen LogP contribution in [0.5, 0.6) is 0 Å². The van der Waals surface area contributed by atoms with Gasteiger partial charge in [0.25, 0.3) is 0 Å². The van der Waals surface area contributed by atoms with E-state index in [2.05, 4.69) is 20.9 Å². The van der Waals surface area contributed by atoms with Crippen LogP contribution < -0.4 is 0 Å². The predicted molar refractivity (Wildman–Crippen MR) is 80.6 cm³/mol. The molecule has 0 amide bonds. The van der Waals surface area contributed by atoms with Crippen molar-refractivity contribution >= 4 is 27.3 Å². The van der Waals surface area contributed by atoms with Crippen molar-refractivity contribution in [3.8, 4) is 21.8 Å². The molecule has 0 aliphatic heterocycles. The number of hydrogen-bond donors (Lipinski definition) is 0. The molecule has 0 fully saturated rings. The average molecular weight is 334 g/mol. The van der Waals surface area contributed by atoms with Crippen molar-refractivity contribution in [1.82, 2.24) is 4.98 Å². The number of hydrogen-bond acceptors (Lipinski definition) is 2. The molecule has 0 atom stereocenters. The lowest BCUT2D eigenvalue weighted by atomic mass is 10.2. The van der Waals surface area contributed by atoms with Gasteiger partial charge < -0.3 is 0 Å². The van der Waals surface area contributed by atoms with Gasteiger partial charge in [-0.05, 0) is 24.3 Å². The highest BCUT2D eigenvalue weighted by Crippen LogP contribution is 2.30. The van der Waals surface area contributed by atoms with Crippen LogP contribution in [0, 0.1) is 5.82 Å². The summed E-state index contributed by atoms with van der Waals surface area (Å²) in [6.45, 7) is 0. The number of rotatable bonds is 2. The van der Waals surface area contributed by atoms with Crippen molar-refractivity contribution in [3.63, 3.8) is 0 Å². The Morgan fingerprint density at radius 1 is 1.00 bits per heavy atom. The van der Waals surface area contributed by atoms with E-state index in [0.717, 1.165) is 26.3 Å². The number of halogens is 2. The zero-order valence-electron chi connectivity index (χ0n) is 9.81. The van der Waals surface area contributed by atoms with Gasteiger partial charge in [-0.2, -0.15) is 0 Å². The molecule has 1 aromatic heterocycles. The van der Waals surface area contributed by atoms with Crippen molar-refractivity contribution in [1.29, 1.82) is 0 Å². The van der Waals surface area contributed by atoms with Gasteiger partial charge in [0.05, 0.1) is 5.69 Å². The summed E-state index contributed by atoms with van der Waals surface area (Å²) in [6.07, 6.45) is 0. The Morgan fingerprint density at radius 3 is 2.58 bits per heavy atom. The molecule has 4 heteroatoms. The monoisotopic (exact) mass is 333 g/mol. The molecule has 0 aliphatic rings. The van der Waals surface area contributed by atoms with Crippen LogP contribution in [0.15, 0.2) is 58.4 Å². The molecule has 0 saturated heterocycles. The van der Waals surface area contributed by atoms with Crippen LogP contribution in [0.4, 0.5) is 4.39 Å². The van der Waals surface area contributed by atoms with Gasteiger partial charge in [0.2, 0.25) is 0 Å². The van der Waals surface area contributed by atoms with Crippen LogP contribution in [0.25, 0.3) is 21.8 Å². The highest BCUT2D eigenvalue weighted by atomic mass is 79.9. The van der Waals surface area contributed by atoms with E-state index in [1.54, 1.807) is 6.07 Å².